The summed E-state index contributed by atoms with van der Waals surface area (Å²) in [7, 11) is 0. The van der Waals surface area contributed by atoms with Gasteiger partial charge in [-0.1, -0.05) is 78.9 Å². The van der Waals surface area contributed by atoms with E-state index in [0.717, 1.165) is 39.1 Å². The van der Waals surface area contributed by atoms with E-state index in [2.05, 4.69) is 147 Å². The zero-order valence-electron chi connectivity index (χ0n) is 24.2. The first kappa shape index (κ1) is 24.3. The molecule has 0 fully saturated rings. The predicted molar refractivity (Wildman–Crippen MR) is 185 cm³/mol. The van der Waals surface area contributed by atoms with Crippen LogP contribution in [0.1, 0.15) is 0 Å². The lowest BCUT2D eigenvalue weighted by Crippen LogP contribution is -2.01. The SMILES string of the molecule is c1ccc2c(c1)c1ccccc1n2-c1ccc(-n2c3cc(-n4c5ccccc5c5ccccc54)ccc3c3cccnc32)nc1. The molecule has 10 rings (SSSR count). The van der Waals surface area contributed by atoms with Crippen molar-refractivity contribution < 1.29 is 0 Å². The average Bonchev–Trinajstić information content (AvgIpc) is 3.74. The van der Waals surface area contributed by atoms with Gasteiger partial charge in [-0.05, 0) is 60.7 Å². The van der Waals surface area contributed by atoms with Gasteiger partial charge in [0.1, 0.15) is 11.5 Å². The summed E-state index contributed by atoms with van der Waals surface area (Å²) in [4.78, 5) is 9.93. The van der Waals surface area contributed by atoms with E-state index in [1.54, 1.807) is 0 Å². The Balaban J connectivity index is 1.20. The van der Waals surface area contributed by atoms with Gasteiger partial charge in [0.2, 0.25) is 0 Å². The van der Waals surface area contributed by atoms with Gasteiger partial charge in [0, 0.05) is 44.2 Å². The molecule has 5 aromatic carbocycles. The van der Waals surface area contributed by atoms with E-state index in [4.69, 9.17) is 9.97 Å². The lowest BCUT2D eigenvalue weighted by Gasteiger charge is -2.12. The lowest BCUT2D eigenvalue weighted by atomic mass is 10.1. The summed E-state index contributed by atoms with van der Waals surface area (Å²) in [6.07, 6.45) is 3.84. The molecule has 5 heterocycles. The summed E-state index contributed by atoms with van der Waals surface area (Å²) in [5.41, 5.74) is 8.80. The Hall–Kier alpha value is -6.20. The van der Waals surface area contributed by atoms with Crippen molar-refractivity contribution in [3.05, 3.63) is 152 Å². The van der Waals surface area contributed by atoms with Crippen LogP contribution in [-0.2, 0) is 0 Å². The van der Waals surface area contributed by atoms with E-state index in [9.17, 15) is 0 Å². The van der Waals surface area contributed by atoms with E-state index in [1.807, 2.05) is 18.5 Å². The fourth-order valence-corrected chi connectivity index (χ4v) is 7.25. The smallest absolute Gasteiger partial charge is 0.146 e. The number of benzene rings is 5. The Bertz CT molecular complexity index is 2650. The van der Waals surface area contributed by atoms with Gasteiger partial charge in [-0.25, -0.2) is 9.97 Å². The summed E-state index contributed by atoms with van der Waals surface area (Å²) < 4.78 is 6.85. The molecular formula is C40H25N5. The predicted octanol–water partition coefficient (Wildman–Crippen LogP) is 9.77. The standard InChI is InChI=1S/C40H25N5/c1-5-15-34-28(10-1)29-11-2-6-16-35(29)43(34)26-19-21-32-33-14-9-23-41-40(33)45(38(32)24-26)39-22-20-27(25-42-39)44-36-17-7-3-12-30(36)31-13-4-8-18-37(31)44/h1-25H. The maximum atomic E-state index is 5.08. The fraction of sp³-hybridized carbons (Fsp3) is 0. The monoisotopic (exact) mass is 575 g/mol. The molecule has 0 aliphatic heterocycles. The molecule has 0 N–H and O–H groups in total. The van der Waals surface area contributed by atoms with E-state index < -0.39 is 0 Å². The summed E-state index contributed by atoms with van der Waals surface area (Å²) in [5, 5.41) is 7.23. The number of hydrogen-bond acceptors (Lipinski definition) is 2. The highest BCUT2D eigenvalue weighted by Crippen LogP contribution is 2.36. The maximum absolute atomic E-state index is 5.08. The Labute approximate surface area is 257 Å². The molecule has 5 heteroatoms. The molecule has 0 aliphatic carbocycles. The zero-order valence-corrected chi connectivity index (χ0v) is 24.2. The molecule has 210 valence electrons. The van der Waals surface area contributed by atoms with E-state index >= 15 is 0 Å². The summed E-state index contributed by atoms with van der Waals surface area (Å²) in [6.45, 7) is 0. The highest BCUT2D eigenvalue weighted by Gasteiger charge is 2.18. The van der Waals surface area contributed by atoms with Gasteiger partial charge in [0.15, 0.2) is 0 Å². The van der Waals surface area contributed by atoms with Crippen LogP contribution in [0.2, 0.25) is 0 Å². The largest absolute Gasteiger partial charge is 0.309 e. The van der Waals surface area contributed by atoms with Gasteiger partial charge in [-0.2, -0.15) is 0 Å². The second kappa shape index (κ2) is 9.15. The Morgan fingerprint density at radius 2 is 0.844 bits per heavy atom. The van der Waals surface area contributed by atoms with E-state index in [0.29, 0.717) is 0 Å². The van der Waals surface area contributed by atoms with Gasteiger partial charge >= 0.3 is 0 Å². The van der Waals surface area contributed by atoms with Crippen molar-refractivity contribution in [2.75, 3.05) is 0 Å². The van der Waals surface area contributed by atoms with Gasteiger partial charge < -0.3 is 9.13 Å². The molecule has 0 radical (unpaired) electrons. The number of pyridine rings is 2. The van der Waals surface area contributed by atoms with Crippen LogP contribution < -0.4 is 0 Å². The first-order chi connectivity index (χ1) is 22.3. The van der Waals surface area contributed by atoms with Crippen LogP contribution in [0.4, 0.5) is 0 Å². The number of fused-ring (bicyclic) bond motifs is 9. The van der Waals surface area contributed by atoms with Crippen molar-refractivity contribution in [3.8, 4) is 17.2 Å². The third-order valence-corrected chi connectivity index (χ3v) is 9.15. The van der Waals surface area contributed by atoms with Crippen molar-refractivity contribution in [2.45, 2.75) is 0 Å². The molecule has 0 bridgehead atoms. The average molecular weight is 576 g/mol. The molecule has 0 saturated carbocycles. The van der Waals surface area contributed by atoms with Gasteiger partial charge in [-0.15, -0.1) is 0 Å². The minimum atomic E-state index is 0.831. The molecule has 0 unspecified atom stereocenters. The third-order valence-electron chi connectivity index (χ3n) is 9.15. The lowest BCUT2D eigenvalue weighted by molar-refractivity contribution is 1.04. The number of hydrogen-bond donors (Lipinski definition) is 0. The van der Waals surface area contributed by atoms with Gasteiger partial charge in [-0.3, -0.25) is 4.57 Å². The molecule has 10 aromatic rings. The number of rotatable bonds is 3. The van der Waals surface area contributed by atoms with Crippen LogP contribution >= 0.6 is 0 Å². The van der Waals surface area contributed by atoms with Crippen molar-refractivity contribution in [3.63, 3.8) is 0 Å². The van der Waals surface area contributed by atoms with Crippen molar-refractivity contribution in [1.29, 1.82) is 0 Å². The minimum Gasteiger partial charge on any atom is -0.309 e. The molecule has 0 atom stereocenters. The van der Waals surface area contributed by atoms with Gasteiger partial charge in [0.25, 0.3) is 0 Å². The van der Waals surface area contributed by atoms with Crippen molar-refractivity contribution in [1.82, 2.24) is 23.7 Å². The first-order valence-corrected chi connectivity index (χ1v) is 15.2. The van der Waals surface area contributed by atoms with E-state index in [1.165, 1.54) is 43.6 Å². The maximum Gasteiger partial charge on any atom is 0.146 e. The molecule has 0 spiro atoms. The molecule has 0 aliphatic rings. The minimum absolute atomic E-state index is 0.831. The van der Waals surface area contributed by atoms with Crippen LogP contribution in [0.3, 0.4) is 0 Å². The molecular weight excluding hydrogens is 550 g/mol. The van der Waals surface area contributed by atoms with Crippen LogP contribution in [0, 0.1) is 0 Å². The highest BCUT2D eigenvalue weighted by molar-refractivity contribution is 6.12. The van der Waals surface area contributed by atoms with Gasteiger partial charge in [0.05, 0.1) is 39.5 Å². The Morgan fingerprint density at radius 3 is 1.40 bits per heavy atom. The molecule has 45 heavy (non-hydrogen) atoms. The Kier molecular flexibility index (Phi) is 4.93. The van der Waals surface area contributed by atoms with Crippen LogP contribution in [-0.4, -0.2) is 23.7 Å². The summed E-state index contributed by atoms with van der Waals surface area (Å²) in [6, 6.07) is 49.5. The second-order valence-corrected chi connectivity index (χ2v) is 11.5. The second-order valence-electron chi connectivity index (χ2n) is 11.5. The molecule has 5 nitrogen and oxygen atoms in total. The molecule has 5 aromatic heterocycles. The van der Waals surface area contributed by atoms with Crippen LogP contribution in [0.15, 0.2) is 152 Å². The third kappa shape index (κ3) is 3.38. The topological polar surface area (TPSA) is 40.6 Å². The molecule has 0 amide bonds. The molecule has 0 saturated heterocycles. The van der Waals surface area contributed by atoms with Crippen LogP contribution in [0.25, 0.3) is 82.7 Å². The van der Waals surface area contributed by atoms with E-state index in [-0.39, 0.29) is 0 Å². The fourth-order valence-electron chi connectivity index (χ4n) is 7.25. The highest BCUT2D eigenvalue weighted by atomic mass is 15.1. The van der Waals surface area contributed by atoms with Crippen molar-refractivity contribution >= 4 is 65.5 Å². The Morgan fingerprint density at radius 1 is 0.356 bits per heavy atom. The summed E-state index contributed by atoms with van der Waals surface area (Å²) in [5.74, 6) is 0.831. The summed E-state index contributed by atoms with van der Waals surface area (Å²) >= 11 is 0. The normalized spacial score (nSPS) is 12.0. The number of aromatic nitrogens is 5. The van der Waals surface area contributed by atoms with Crippen LogP contribution in [0.5, 0.6) is 0 Å². The number of nitrogens with zero attached hydrogens (tertiary/aromatic N) is 5. The number of para-hydroxylation sites is 4. The zero-order chi connectivity index (χ0) is 29.5. The first-order valence-electron chi connectivity index (χ1n) is 15.2. The van der Waals surface area contributed by atoms with Crippen molar-refractivity contribution in [2.24, 2.45) is 0 Å². The quantitative estimate of drug-likeness (QED) is 0.210.